The minimum Gasteiger partial charge on any atom is -0.497 e. The largest absolute Gasteiger partial charge is 0.497 e. The van der Waals surface area contributed by atoms with Gasteiger partial charge < -0.3 is 9.47 Å². The summed E-state index contributed by atoms with van der Waals surface area (Å²) in [4.78, 5) is 11.8. The smallest absolute Gasteiger partial charge is 0.330 e. The van der Waals surface area contributed by atoms with Gasteiger partial charge >= 0.3 is 5.97 Å². The quantitative estimate of drug-likeness (QED) is 0.390. The van der Waals surface area contributed by atoms with Gasteiger partial charge in [-0.1, -0.05) is 36.4 Å². The van der Waals surface area contributed by atoms with Crippen LogP contribution in [0.2, 0.25) is 0 Å². The van der Waals surface area contributed by atoms with Gasteiger partial charge in [0.1, 0.15) is 5.75 Å². The molecule has 0 spiro atoms. The van der Waals surface area contributed by atoms with E-state index in [4.69, 9.17) is 14.7 Å². The van der Waals surface area contributed by atoms with Crippen molar-refractivity contribution in [1.29, 1.82) is 5.26 Å². The lowest BCUT2D eigenvalue weighted by molar-refractivity contribution is -0.137. The van der Waals surface area contributed by atoms with Crippen molar-refractivity contribution in [2.75, 3.05) is 13.7 Å². The number of nitrogens with zero attached hydrogens (tertiary/aromatic N) is 1. The second-order valence-electron chi connectivity index (χ2n) is 6.76. The van der Waals surface area contributed by atoms with Crippen LogP contribution in [0.3, 0.4) is 0 Å². The van der Waals surface area contributed by atoms with E-state index >= 15 is 0 Å². The van der Waals surface area contributed by atoms with Gasteiger partial charge in [0.05, 0.1) is 25.3 Å². The molecular formula is C26H23NO3. The monoisotopic (exact) mass is 397 g/mol. The second kappa shape index (κ2) is 9.58. The maximum absolute atomic E-state index is 11.8. The van der Waals surface area contributed by atoms with E-state index in [0.717, 1.165) is 33.4 Å². The molecule has 0 bridgehead atoms. The van der Waals surface area contributed by atoms with Gasteiger partial charge in [0, 0.05) is 6.08 Å². The van der Waals surface area contributed by atoms with Crippen molar-refractivity contribution in [3.05, 3.63) is 83.4 Å². The van der Waals surface area contributed by atoms with Crippen LogP contribution >= 0.6 is 0 Å². The van der Waals surface area contributed by atoms with Crippen LogP contribution in [0.4, 0.5) is 0 Å². The van der Waals surface area contributed by atoms with Crippen LogP contribution in [0, 0.1) is 18.3 Å². The van der Waals surface area contributed by atoms with E-state index in [1.165, 1.54) is 6.08 Å². The van der Waals surface area contributed by atoms with Gasteiger partial charge in [0.2, 0.25) is 0 Å². The van der Waals surface area contributed by atoms with Crippen molar-refractivity contribution in [3.8, 4) is 34.1 Å². The standard InChI is InChI=1S/C26H23NO3/c1-4-30-26(28)13-9-22-16-23(29-3)10-12-25(22)21-8-11-24(18(2)14-21)20-7-5-6-19(15-20)17-27/h5-16H,4H2,1-3H3/b13-9+. The number of nitriles is 1. The molecule has 0 atom stereocenters. The average molecular weight is 397 g/mol. The maximum atomic E-state index is 11.8. The minimum atomic E-state index is -0.379. The van der Waals surface area contributed by atoms with Crippen molar-refractivity contribution in [1.82, 2.24) is 0 Å². The fourth-order valence-corrected chi connectivity index (χ4v) is 3.33. The molecule has 0 N–H and O–H groups in total. The fourth-order valence-electron chi connectivity index (χ4n) is 3.33. The number of esters is 1. The number of carbonyl (C=O) groups is 1. The van der Waals surface area contributed by atoms with Crippen molar-refractivity contribution in [2.24, 2.45) is 0 Å². The molecule has 30 heavy (non-hydrogen) atoms. The summed E-state index contributed by atoms with van der Waals surface area (Å²) in [5.74, 6) is 0.332. The molecule has 0 saturated carbocycles. The second-order valence-corrected chi connectivity index (χ2v) is 6.76. The van der Waals surface area contributed by atoms with Crippen molar-refractivity contribution in [3.63, 3.8) is 0 Å². The van der Waals surface area contributed by atoms with Crippen LogP contribution in [0.15, 0.2) is 66.7 Å². The van der Waals surface area contributed by atoms with E-state index in [0.29, 0.717) is 17.9 Å². The summed E-state index contributed by atoms with van der Waals surface area (Å²) in [5.41, 5.74) is 6.69. The number of benzene rings is 3. The average Bonchev–Trinajstić information content (AvgIpc) is 2.77. The molecule has 0 aliphatic carbocycles. The predicted octanol–water partition coefficient (Wildman–Crippen LogP) is 5.79. The van der Waals surface area contributed by atoms with E-state index in [-0.39, 0.29) is 5.97 Å². The number of carbonyl (C=O) groups excluding carboxylic acids is 1. The highest BCUT2D eigenvalue weighted by molar-refractivity contribution is 5.89. The maximum Gasteiger partial charge on any atom is 0.330 e. The first kappa shape index (κ1) is 20.9. The lowest BCUT2D eigenvalue weighted by Crippen LogP contribution is -1.99. The van der Waals surface area contributed by atoms with Gasteiger partial charge in [-0.05, 0) is 77.6 Å². The number of rotatable bonds is 6. The molecule has 3 aromatic carbocycles. The molecule has 0 aliphatic rings. The van der Waals surface area contributed by atoms with Gasteiger partial charge in [-0.2, -0.15) is 5.26 Å². The molecule has 0 aromatic heterocycles. The van der Waals surface area contributed by atoms with Crippen LogP contribution in [0.5, 0.6) is 5.75 Å². The van der Waals surface area contributed by atoms with Gasteiger partial charge in [-0.15, -0.1) is 0 Å². The van der Waals surface area contributed by atoms with Gasteiger partial charge in [-0.25, -0.2) is 4.79 Å². The molecule has 4 heteroatoms. The number of hydrogen-bond acceptors (Lipinski definition) is 4. The SMILES string of the molecule is CCOC(=O)/C=C/c1cc(OC)ccc1-c1ccc(-c2cccc(C#N)c2)c(C)c1. The van der Waals surface area contributed by atoms with Gasteiger partial charge in [0.15, 0.2) is 0 Å². The molecule has 0 amide bonds. The summed E-state index contributed by atoms with van der Waals surface area (Å²) in [6, 6.07) is 21.8. The Balaban J connectivity index is 2.02. The Labute approximate surface area is 177 Å². The number of methoxy groups -OCH3 is 1. The minimum absolute atomic E-state index is 0.335. The summed E-state index contributed by atoms with van der Waals surface area (Å²) in [7, 11) is 1.61. The van der Waals surface area contributed by atoms with Crippen molar-refractivity contribution in [2.45, 2.75) is 13.8 Å². The highest BCUT2D eigenvalue weighted by Gasteiger charge is 2.09. The molecule has 0 fully saturated rings. The fraction of sp³-hybridized carbons (Fsp3) is 0.154. The molecule has 150 valence electrons. The lowest BCUT2D eigenvalue weighted by Gasteiger charge is -2.13. The Morgan fingerprint density at radius 2 is 1.80 bits per heavy atom. The van der Waals surface area contributed by atoms with E-state index in [2.05, 4.69) is 25.1 Å². The molecule has 0 unspecified atom stereocenters. The molecule has 3 rings (SSSR count). The van der Waals surface area contributed by atoms with Crippen LogP contribution in [0.25, 0.3) is 28.3 Å². The van der Waals surface area contributed by atoms with Crippen LogP contribution in [-0.4, -0.2) is 19.7 Å². The first-order chi connectivity index (χ1) is 14.5. The van der Waals surface area contributed by atoms with Crippen molar-refractivity contribution >= 4 is 12.0 Å². The Morgan fingerprint density at radius 1 is 1.03 bits per heavy atom. The van der Waals surface area contributed by atoms with E-state index in [1.54, 1.807) is 26.2 Å². The number of hydrogen-bond donors (Lipinski definition) is 0. The van der Waals surface area contributed by atoms with E-state index in [1.807, 2.05) is 42.5 Å². The lowest BCUT2D eigenvalue weighted by atomic mass is 9.93. The third kappa shape index (κ3) is 4.76. The first-order valence-corrected chi connectivity index (χ1v) is 9.70. The molecule has 0 aliphatic heterocycles. The zero-order valence-corrected chi connectivity index (χ0v) is 17.3. The molecule has 4 nitrogen and oxygen atoms in total. The molecule has 0 heterocycles. The summed E-state index contributed by atoms with van der Waals surface area (Å²) in [5, 5.41) is 9.17. The summed E-state index contributed by atoms with van der Waals surface area (Å²) >= 11 is 0. The van der Waals surface area contributed by atoms with E-state index in [9.17, 15) is 4.79 Å². The topological polar surface area (TPSA) is 59.3 Å². The number of ether oxygens (including phenoxy) is 2. The third-order valence-electron chi connectivity index (χ3n) is 4.78. The van der Waals surface area contributed by atoms with Gasteiger partial charge in [-0.3, -0.25) is 0 Å². The Hall–Kier alpha value is -3.84. The normalized spacial score (nSPS) is 10.6. The first-order valence-electron chi connectivity index (χ1n) is 9.70. The molecular weight excluding hydrogens is 374 g/mol. The van der Waals surface area contributed by atoms with Crippen LogP contribution < -0.4 is 4.74 Å². The molecule has 0 saturated heterocycles. The summed E-state index contributed by atoms with van der Waals surface area (Å²) in [6.07, 6.45) is 3.17. The van der Waals surface area contributed by atoms with Crippen molar-refractivity contribution < 1.29 is 14.3 Å². The third-order valence-corrected chi connectivity index (χ3v) is 4.78. The highest BCUT2D eigenvalue weighted by atomic mass is 16.5. The van der Waals surface area contributed by atoms with E-state index < -0.39 is 0 Å². The van der Waals surface area contributed by atoms with Crippen LogP contribution in [0.1, 0.15) is 23.6 Å². The zero-order chi connectivity index (χ0) is 21.5. The van der Waals surface area contributed by atoms with Gasteiger partial charge in [0.25, 0.3) is 0 Å². The summed E-state index contributed by atoms with van der Waals surface area (Å²) < 4.78 is 10.3. The number of aryl methyl sites for hydroxylation is 1. The summed E-state index contributed by atoms with van der Waals surface area (Å²) in [6.45, 7) is 4.16. The Bertz CT molecular complexity index is 1140. The highest BCUT2D eigenvalue weighted by Crippen LogP contribution is 2.32. The predicted molar refractivity (Wildman–Crippen MR) is 119 cm³/mol. The zero-order valence-electron chi connectivity index (χ0n) is 17.3. The molecule has 0 radical (unpaired) electrons. The molecule has 3 aromatic rings. The Kier molecular flexibility index (Phi) is 6.67. The van der Waals surface area contributed by atoms with Crippen LogP contribution in [-0.2, 0) is 9.53 Å². The Morgan fingerprint density at radius 3 is 2.50 bits per heavy atom.